The quantitative estimate of drug-likeness (QED) is 0.769. The van der Waals surface area contributed by atoms with Gasteiger partial charge in [0.1, 0.15) is 5.76 Å². The molecule has 0 spiro atoms. The maximum absolute atomic E-state index is 12.9. The van der Waals surface area contributed by atoms with Crippen molar-refractivity contribution in [2.24, 2.45) is 5.92 Å². The van der Waals surface area contributed by atoms with Gasteiger partial charge in [-0.15, -0.1) is 0 Å². The van der Waals surface area contributed by atoms with Gasteiger partial charge < -0.3 is 14.3 Å². The van der Waals surface area contributed by atoms with E-state index in [9.17, 15) is 18.0 Å². The lowest BCUT2D eigenvalue weighted by atomic mass is 10.0. The minimum absolute atomic E-state index is 0.0762. The first-order valence-electron chi connectivity index (χ1n) is 8.89. The maximum atomic E-state index is 12.9. The van der Waals surface area contributed by atoms with Gasteiger partial charge in [0.05, 0.1) is 23.6 Å². The zero-order valence-electron chi connectivity index (χ0n) is 15.5. The Bertz CT molecular complexity index is 814. The summed E-state index contributed by atoms with van der Waals surface area (Å²) in [5.41, 5.74) is 0.181. The number of fused-ring (bicyclic) bond motifs is 1. The van der Waals surface area contributed by atoms with E-state index in [1.54, 1.807) is 29.7 Å². The van der Waals surface area contributed by atoms with Gasteiger partial charge >= 0.3 is 0 Å². The fourth-order valence-corrected chi connectivity index (χ4v) is 5.60. The Balaban J connectivity index is 1.87. The van der Waals surface area contributed by atoms with Gasteiger partial charge in [-0.3, -0.25) is 9.59 Å². The number of hydrogen-bond donors (Lipinski definition) is 0. The van der Waals surface area contributed by atoms with E-state index in [-0.39, 0.29) is 47.4 Å². The molecule has 144 valence electrons. The van der Waals surface area contributed by atoms with Crippen molar-refractivity contribution in [1.82, 2.24) is 15.0 Å². The summed E-state index contributed by atoms with van der Waals surface area (Å²) in [6, 6.07) is 0.573. The minimum atomic E-state index is -3.31. The topological polar surface area (TPSA) is 101 Å². The summed E-state index contributed by atoms with van der Waals surface area (Å²) in [5.74, 6) is -0.153. The third kappa shape index (κ3) is 3.36. The Kier molecular flexibility index (Phi) is 4.85. The van der Waals surface area contributed by atoms with Crippen molar-refractivity contribution in [2.45, 2.75) is 45.7 Å². The van der Waals surface area contributed by atoms with Crippen LogP contribution < -0.4 is 0 Å². The molecule has 1 aromatic rings. The van der Waals surface area contributed by atoms with Crippen LogP contribution in [0.3, 0.4) is 0 Å². The third-order valence-corrected chi connectivity index (χ3v) is 6.73. The van der Waals surface area contributed by atoms with Crippen LogP contribution in [0.2, 0.25) is 0 Å². The highest BCUT2D eigenvalue weighted by Crippen LogP contribution is 2.29. The standard InChI is InChI=1S/C17H25N3O5S/c1-10(2)15-7-12(18-25-15)17(22)20-6-5-19(16(21)11(3)4)13-8-26(23,24)9-14(13)20/h7,10-11,13-14H,5-6,8-9H2,1-4H3/t13-,14+/m0/s1. The molecule has 2 aliphatic rings. The summed E-state index contributed by atoms with van der Waals surface area (Å²) in [4.78, 5) is 28.6. The van der Waals surface area contributed by atoms with Crippen LogP contribution in [0, 0.1) is 5.92 Å². The van der Waals surface area contributed by atoms with E-state index in [0.717, 1.165) is 0 Å². The first-order valence-corrected chi connectivity index (χ1v) is 10.7. The van der Waals surface area contributed by atoms with Crippen LogP contribution in [0.1, 0.15) is 49.9 Å². The van der Waals surface area contributed by atoms with E-state index >= 15 is 0 Å². The molecular formula is C17H25N3O5S. The van der Waals surface area contributed by atoms with E-state index in [1.807, 2.05) is 13.8 Å². The van der Waals surface area contributed by atoms with Gasteiger partial charge in [-0.05, 0) is 0 Å². The van der Waals surface area contributed by atoms with Gasteiger partial charge in [-0.2, -0.15) is 0 Å². The Morgan fingerprint density at radius 3 is 2.23 bits per heavy atom. The lowest BCUT2D eigenvalue weighted by molar-refractivity contribution is -0.139. The molecule has 2 saturated heterocycles. The molecule has 3 heterocycles. The first-order chi connectivity index (χ1) is 12.1. The number of aromatic nitrogens is 1. The molecule has 3 rings (SSSR count). The lowest BCUT2D eigenvalue weighted by Gasteiger charge is -2.44. The lowest BCUT2D eigenvalue weighted by Crippen LogP contribution is -2.62. The Morgan fingerprint density at radius 2 is 1.69 bits per heavy atom. The van der Waals surface area contributed by atoms with Gasteiger partial charge in [0.25, 0.3) is 5.91 Å². The van der Waals surface area contributed by atoms with Crippen molar-refractivity contribution in [2.75, 3.05) is 24.6 Å². The summed E-state index contributed by atoms with van der Waals surface area (Å²) >= 11 is 0. The second-order valence-corrected chi connectivity index (χ2v) is 9.82. The summed E-state index contributed by atoms with van der Waals surface area (Å²) in [6.07, 6.45) is 0. The number of rotatable bonds is 3. The molecule has 0 N–H and O–H groups in total. The van der Waals surface area contributed by atoms with Crippen molar-refractivity contribution < 1.29 is 22.5 Å². The molecule has 0 radical (unpaired) electrons. The van der Waals surface area contributed by atoms with Crippen LogP contribution in [0.4, 0.5) is 0 Å². The number of nitrogens with zero attached hydrogens (tertiary/aromatic N) is 3. The van der Waals surface area contributed by atoms with E-state index in [4.69, 9.17) is 4.52 Å². The molecule has 8 nitrogen and oxygen atoms in total. The van der Waals surface area contributed by atoms with Crippen molar-refractivity contribution in [3.63, 3.8) is 0 Å². The predicted octanol–water partition coefficient (Wildman–Crippen LogP) is 0.904. The van der Waals surface area contributed by atoms with Gasteiger partial charge in [-0.25, -0.2) is 8.42 Å². The summed E-state index contributed by atoms with van der Waals surface area (Å²) in [6.45, 7) is 8.07. The molecule has 9 heteroatoms. The van der Waals surface area contributed by atoms with Crippen molar-refractivity contribution in [3.05, 3.63) is 17.5 Å². The number of carbonyl (C=O) groups is 2. The molecule has 26 heavy (non-hydrogen) atoms. The summed E-state index contributed by atoms with van der Waals surface area (Å²) < 4.78 is 29.6. The van der Waals surface area contributed by atoms with E-state index in [2.05, 4.69) is 5.16 Å². The number of piperazine rings is 1. The van der Waals surface area contributed by atoms with E-state index in [1.165, 1.54) is 0 Å². The number of carbonyl (C=O) groups excluding carboxylic acids is 2. The molecule has 2 fully saturated rings. The van der Waals surface area contributed by atoms with Crippen LogP contribution in [-0.2, 0) is 14.6 Å². The third-order valence-electron chi connectivity index (χ3n) is 5.03. The van der Waals surface area contributed by atoms with Crippen LogP contribution in [0.5, 0.6) is 0 Å². The number of amides is 2. The predicted molar refractivity (Wildman–Crippen MR) is 94.4 cm³/mol. The molecule has 2 aliphatic heterocycles. The highest BCUT2D eigenvalue weighted by atomic mass is 32.2. The highest BCUT2D eigenvalue weighted by Gasteiger charge is 2.50. The second kappa shape index (κ2) is 6.68. The van der Waals surface area contributed by atoms with Gasteiger partial charge in [0, 0.05) is 31.0 Å². The molecule has 1 aromatic heterocycles. The average Bonchev–Trinajstić information content (AvgIpc) is 3.15. The fourth-order valence-electron chi connectivity index (χ4n) is 3.62. The summed E-state index contributed by atoms with van der Waals surface area (Å²) in [5, 5.41) is 3.85. The Labute approximate surface area is 153 Å². The summed E-state index contributed by atoms with van der Waals surface area (Å²) in [7, 11) is -3.31. The fraction of sp³-hybridized carbons (Fsp3) is 0.706. The molecule has 2 atom stereocenters. The normalized spacial score (nSPS) is 25.0. The van der Waals surface area contributed by atoms with E-state index < -0.39 is 21.9 Å². The maximum Gasteiger partial charge on any atom is 0.276 e. The van der Waals surface area contributed by atoms with Crippen molar-refractivity contribution >= 4 is 21.7 Å². The smallest absolute Gasteiger partial charge is 0.276 e. The second-order valence-electron chi connectivity index (χ2n) is 7.67. The monoisotopic (exact) mass is 383 g/mol. The molecule has 0 aromatic carbocycles. The zero-order chi connectivity index (χ0) is 19.2. The zero-order valence-corrected chi connectivity index (χ0v) is 16.3. The van der Waals surface area contributed by atoms with Crippen LogP contribution >= 0.6 is 0 Å². The van der Waals surface area contributed by atoms with E-state index in [0.29, 0.717) is 12.3 Å². The minimum Gasteiger partial charge on any atom is -0.360 e. The number of sulfone groups is 1. The molecule has 0 saturated carbocycles. The van der Waals surface area contributed by atoms with Crippen LogP contribution in [0.15, 0.2) is 10.6 Å². The molecule has 0 bridgehead atoms. The SMILES string of the molecule is CC(C)C(=O)N1CCN(C(=O)c2cc(C(C)C)on2)[C@@H]2CS(=O)(=O)C[C@@H]21. The largest absolute Gasteiger partial charge is 0.360 e. The average molecular weight is 383 g/mol. The molecule has 0 aliphatic carbocycles. The van der Waals surface area contributed by atoms with Crippen molar-refractivity contribution in [1.29, 1.82) is 0 Å². The molecular weight excluding hydrogens is 358 g/mol. The van der Waals surface area contributed by atoms with Gasteiger partial charge in [0.2, 0.25) is 5.91 Å². The van der Waals surface area contributed by atoms with Crippen molar-refractivity contribution in [3.8, 4) is 0 Å². The first kappa shape index (κ1) is 18.9. The Hall–Kier alpha value is -1.90. The molecule has 2 amide bonds. The van der Waals surface area contributed by atoms with Gasteiger partial charge in [-0.1, -0.05) is 32.9 Å². The van der Waals surface area contributed by atoms with Crippen LogP contribution in [0.25, 0.3) is 0 Å². The van der Waals surface area contributed by atoms with Gasteiger partial charge in [0.15, 0.2) is 15.5 Å². The van der Waals surface area contributed by atoms with Crippen LogP contribution in [-0.4, -0.2) is 71.9 Å². The highest BCUT2D eigenvalue weighted by molar-refractivity contribution is 7.91. The molecule has 0 unspecified atom stereocenters. The Morgan fingerprint density at radius 1 is 1.12 bits per heavy atom. The number of hydrogen-bond acceptors (Lipinski definition) is 6.